The maximum atomic E-state index is 13.0. The van der Waals surface area contributed by atoms with Gasteiger partial charge >= 0.3 is 0 Å². The number of likely N-dealkylation sites (tertiary alicyclic amines) is 1. The zero-order valence-corrected chi connectivity index (χ0v) is 19.1. The molecule has 0 radical (unpaired) electrons. The van der Waals surface area contributed by atoms with Gasteiger partial charge in [0.1, 0.15) is 6.04 Å². The molecule has 0 aromatic carbocycles. The van der Waals surface area contributed by atoms with Crippen molar-refractivity contribution in [3.05, 3.63) is 22.4 Å². The molecule has 1 fully saturated rings. The highest BCUT2D eigenvalue weighted by Gasteiger charge is 2.34. The molecule has 1 aliphatic heterocycles. The predicted molar refractivity (Wildman–Crippen MR) is 117 cm³/mol. The van der Waals surface area contributed by atoms with Crippen LogP contribution in [0.4, 0.5) is 0 Å². The Hall–Kier alpha value is -1.89. The molecular weight excluding hydrogens is 386 g/mol. The van der Waals surface area contributed by atoms with Crippen molar-refractivity contribution in [2.45, 2.75) is 66.0 Å². The Morgan fingerprint density at radius 1 is 1.10 bits per heavy atom. The summed E-state index contributed by atoms with van der Waals surface area (Å²) in [6.45, 7) is 11.4. The second kappa shape index (κ2) is 10.8. The summed E-state index contributed by atoms with van der Waals surface area (Å²) in [6, 6.07) is 3.03. The third-order valence-corrected chi connectivity index (χ3v) is 6.50. The molecule has 29 heavy (non-hydrogen) atoms. The molecule has 0 saturated carbocycles. The lowest BCUT2D eigenvalue weighted by atomic mass is 9.88. The average Bonchev–Trinajstić information content (AvgIpc) is 3.20. The Morgan fingerprint density at radius 2 is 1.76 bits per heavy atom. The first kappa shape index (κ1) is 23.4. The summed E-state index contributed by atoms with van der Waals surface area (Å²) in [4.78, 5) is 40.5. The van der Waals surface area contributed by atoms with E-state index in [1.807, 2.05) is 37.1 Å². The van der Waals surface area contributed by atoms with Crippen LogP contribution in [-0.2, 0) is 9.59 Å². The topological polar surface area (TPSA) is 78.5 Å². The van der Waals surface area contributed by atoms with Crippen molar-refractivity contribution in [2.75, 3.05) is 13.1 Å². The van der Waals surface area contributed by atoms with Gasteiger partial charge in [-0.25, -0.2) is 0 Å². The van der Waals surface area contributed by atoms with Gasteiger partial charge in [0.2, 0.25) is 11.8 Å². The number of hydrogen-bond donors (Lipinski definition) is 2. The van der Waals surface area contributed by atoms with Crippen molar-refractivity contribution >= 4 is 29.1 Å². The SMILES string of the molecule is CC(C)CC(=O)N1CCC([C@@H](NC(=O)c2cccs2)C(=O)N[C@@H](C)C(C)C)CC1. The van der Waals surface area contributed by atoms with E-state index in [0.717, 1.165) is 0 Å². The number of thiophene rings is 1. The summed E-state index contributed by atoms with van der Waals surface area (Å²) in [5, 5.41) is 7.87. The maximum absolute atomic E-state index is 13.0. The Bertz CT molecular complexity index is 679. The highest BCUT2D eigenvalue weighted by molar-refractivity contribution is 7.12. The van der Waals surface area contributed by atoms with E-state index in [1.165, 1.54) is 11.3 Å². The first-order chi connectivity index (χ1) is 13.7. The highest BCUT2D eigenvalue weighted by atomic mass is 32.1. The zero-order chi connectivity index (χ0) is 21.6. The first-order valence-corrected chi connectivity index (χ1v) is 11.5. The maximum Gasteiger partial charge on any atom is 0.262 e. The largest absolute Gasteiger partial charge is 0.352 e. The summed E-state index contributed by atoms with van der Waals surface area (Å²) < 4.78 is 0. The van der Waals surface area contributed by atoms with E-state index >= 15 is 0 Å². The van der Waals surface area contributed by atoms with Crippen LogP contribution in [0.2, 0.25) is 0 Å². The van der Waals surface area contributed by atoms with Crippen LogP contribution >= 0.6 is 11.3 Å². The van der Waals surface area contributed by atoms with Crippen molar-refractivity contribution in [3.63, 3.8) is 0 Å². The van der Waals surface area contributed by atoms with Crippen molar-refractivity contribution in [1.82, 2.24) is 15.5 Å². The van der Waals surface area contributed by atoms with Crippen LogP contribution in [-0.4, -0.2) is 47.8 Å². The minimum atomic E-state index is -0.590. The van der Waals surface area contributed by atoms with Gasteiger partial charge in [0.15, 0.2) is 0 Å². The van der Waals surface area contributed by atoms with Gasteiger partial charge in [0.25, 0.3) is 5.91 Å². The number of carbonyl (C=O) groups excluding carboxylic acids is 3. The Labute approximate surface area is 178 Å². The van der Waals surface area contributed by atoms with Crippen LogP contribution in [0.25, 0.3) is 0 Å². The molecule has 7 heteroatoms. The van der Waals surface area contributed by atoms with Crippen LogP contribution in [0.5, 0.6) is 0 Å². The van der Waals surface area contributed by atoms with Gasteiger partial charge < -0.3 is 15.5 Å². The lowest BCUT2D eigenvalue weighted by Crippen LogP contribution is -2.55. The second-order valence-corrected chi connectivity index (χ2v) is 9.73. The number of hydrogen-bond acceptors (Lipinski definition) is 4. The fourth-order valence-corrected chi connectivity index (χ4v) is 4.09. The van der Waals surface area contributed by atoms with E-state index in [4.69, 9.17) is 0 Å². The van der Waals surface area contributed by atoms with E-state index in [-0.39, 0.29) is 29.7 Å². The van der Waals surface area contributed by atoms with Gasteiger partial charge in [-0.05, 0) is 49.0 Å². The fourth-order valence-electron chi connectivity index (χ4n) is 3.46. The van der Waals surface area contributed by atoms with Crippen LogP contribution in [0.1, 0.15) is 63.6 Å². The number of nitrogens with one attached hydrogen (secondary N) is 2. The molecule has 0 bridgehead atoms. The van der Waals surface area contributed by atoms with E-state index in [2.05, 4.69) is 24.5 Å². The normalized spacial score (nSPS) is 17.3. The Kier molecular flexibility index (Phi) is 8.68. The van der Waals surface area contributed by atoms with E-state index in [0.29, 0.717) is 49.1 Å². The minimum Gasteiger partial charge on any atom is -0.352 e. The first-order valence-electron chi connectivity index (χ1n) is 10.6. The van der Waals surface area contributed by atoms with E-state index < -0.39 is 6.04 Å². The van der Waals surface area contributed by atoms with Gasteiger partial charge in [-0.1, -0.05) is 33.8 Å². The second-order valence-electron chi connectivity index (χ2n) is 8.79. The molecule has 0 aliphatic carbocycles. The minimum absolute atomic E-state index is 0.0152. The highest BCUT2D eigenvalue weighted by Crippen LogP contribution is 2.23. The van der Waals surface area contributed by atoms with Gasteiger partial charge in [0.05, 0.1) is 4.88 Å². The Morgan fingerprint density at radius 3 is 2.28 bits per heavy atom. The molecular formula is C22H35N3O3S. The third kappa shape index (κ3) is 6.84. The van der Waals surface area contributed by atoms with Crippen LogP contribution in [0.3, 0.4) is 0 Å². The number of amides is 3. The standard InChI is InChI=1S/C22H35N3O3S/c1-14(2)13-19(26)25-10-8-17(9-11-25)20(22(28)23-16(5)15(3)4)24-21(27)18-7-6-12-29-18/h6-7,12,14-17,20H,8-11,13H2,1-5H3,(H,23,28)(H,24,27)/t16-,20+/m0/s1. The number of nitrogens with zero attached hydrogens (tertiary/aromatic N) is 1. The van der Waals surface area contributed by atoms with Crippen LogP contribution in [0.15, 0.2) is 17.5 Å². The molecule has 2 rings (SSSR count). The monoisotopic (exact) mass is 421 g/mol. The summed E-state index contributed by atoms with van der Waals surface area (Å²) >= 11 is 1.36. The summed E-state index contributed by atoms with van der Waals surface area (Å²) in [5.74, 6) is 0.486. The smallest absolute Gasteiger partial charge is 0.262 e. The van der Waals surface area contributed by atoms with Crippen molar-refractivity contribution < 1.29 is 14.4 Å². The van der Waals surface area contributed by atoms with Gasteiger partial charge in [-0.2, -0.15) is 0 Å². The van der Waals surface area contributed by atoms with Crippen molar-refractivity contribution in [1.29, 1.82) is 0 Å². The quantitative estimate of drug-likeness (QED) is 0.676. The molecule has 1 aromatic rings. The summed E-state index contributed by atoms with van der Waals surface area (Å²) in [6.07, 6.45) is 1.97. The van der Waals surface area contributed by atoms with Gasteiger partial charge in [-0.15, -0.1) is 11.3 Å². The molecule has 2 atom stereocenters. The molecule has 1 aromatic heterocycles. The van der Waals surface area contributed by atoms with Crippen molar-refractivity contribution in [3.8, 4) is 0 Å². The lowest BCUT2D eigenvalue weighted by Gasteiger charge is -2.36. The van der Waals surface area contributed by atoms with Crippen molar-refractivity contribution in [2.24, 2.45) is 17.8 Å². The molecule has 0 unspecified atom stereocenters. The third-order valence-electron chi connectivity index (χ3n) is 5.63. The number of piperidine rings is 1. The molecule has 162 valence electrons. The molecule has 2 N–H and O–H groups in total. The average molecular weight is 422 g/mol. The zero-order valence-electron chi connectivity index (χ0n) is 18.2. The molecule has 1 saturated heterocycles. The summed E-state index contributed by atoms with van der Waals surface area (Å²) in [5.41, 5.74) is 0. The predicted octanol–water partition coefficient (Wildman–Crippen LogP) is 3.29. The Balaban J connectivity index is 2.06. The molecule has 1 aliphatic rings. The molecule has 3 amide bonds. The summed E-state index contributed by atoms with van der Waals surface area (Å²) in [7, 11) is 0. The molecule has 2 heterocycles. The van der Waals surface area contributed by atoms with Crippen LogP contribution in [0, 0.1) is 17.8 Å². The molecule has 6 nitrogen and oxygen atoms in total. The number of rotatable bonds is 8. The van der Waals surface area contributed by atoms with E-state index in [1.54, 1.807) is 6.07 Å². The number of carbonyl (C=O) groups is 3. The van der Waals surface area contributed by atoms with E-state index in [9.17, 15) is 14.4 Å². The molecule has 0 spiro atoms. The van der Waals surface area contributed by atoms with Gasteiger partial charge in [-0.3, -0.25) is 14.4 Å². The lowest BCUT2D eigenvalue weighted by molar-refractivity contribution is -0.133. The van der Waals surface area contributed by atoms with Gasteiger partial charge in [0, 0.05) is 25.6 Å². The van der Waals surface area contributed by atoms with Crippen LogP contribution < -0.4 is 10.6 Å². The fraction of sp³-hybridized carbons (Fsp3) is 0.682.